The molecule has 1 heterocycles. The number of rotatable bonds is 19. The first-order chi connectivity index (χ1) is 20.4. The first kappa shape index (κ1) is 34.1. The molecule has 0 saturated carbocycles. The summed E-state index contributed by atoms with van der Waals surface area (Å²) < 4.78 is 0. The second-order valence-corrected chi connectivity index (χ2v) is 10.9. The molecule has 1 aromatic carbocycles. The zero-order valence-electron chi connectivity index (χ0n) is 25.5. The summed E-state index contributed by atoms with van der Waals surface area (Å²) in [5.74, 6) is -0.570. The van der Waals surface area contributed by atoms with Gasteiger partial charge in [-0.15, -0.1) is 0 Å². The molecule has 1 atom stereocenters. The summed E-state index contributed by atoms with van der Waals surface area (Å²) in [4.78, 5) is 31.7. The molecule has 0 radical (unpaired) electrons. The number of carboxylic acids is 1. The Kier molecular flexibility index (Phi) is 14.9. The number of anilines is 1. The standard InChI is InChI=1S/C34H45N5O3/c1-5-8-10-14-22-39-33(30(24-36)37-4)29(23-35)32(34(39)42)27-17-19-28(20-18-27)38(21-13-11-12-16-31(40)41)25-26(7-3)15-9-6-2/h17-20,26H,5-16,21-22,25H2,1-3H3,(H,40,41). The molecule has 8 heteroatoms. The van der Waals surface area contributed by atoms with E-state index < -0.39 is 5.97 Å². The van der Waals surface area contributed by atoms with Gasteiger partial charge in [0.05, 0.1) is 29.5 Å². The fourth-order valence-corrected chi connectivity index (χ4v) is 5.41. The van der Waals surface area contributed by atoms with E-state index >= 15 is 0 Å². The molecule has 1 aliphatic heterocycles. The van der Waals surface area contributed by atoms with E-state index in [0.29, 0.717) is 24.4 Å². The van der Waals surface area contributed by atoms with Crippen molar-refractivity contribution in [3.63, 3.8) is 0 Å². The molecule has 0 saturated heterocycles. The highest BCUT2D eigenvalue weighted by molar-refractivity contribution is 6.25. The summed E-state index contributed by atoms with van der Waals surface area (Å²) in [7, 11) is 0. The van der Waals surface area contributed by atoms with Crippen LogP contribution in [0.1, 0.15) is 103 Å². The van der Waals surface area contributed by atoms with Crippen molar-refractivity contribution in [1.29, 1.82) is 10.5 Å². The highest BCUT2D eigenvalue weighted by atomic mass is 16.4. The minimum absolute atomic E-state index is 0.0803. The number of allylic oxidation sites excluding steroid dienone is 2. The number of nitrogens with zero attached hydrogens (tertiary/aromatic N) is 5. The first-order valence-electron chi connectivity index (χ1n) is 15.4. The Hall–Kier alpha value is -4.09. The van der Waals surface area contributed by atoms with Crippen LogP contribution in [-0.2, 0) is 9.59 Å². The maximum atomic E-state index is 13.7. The zero-order chi connectivity index (χ0) is 30.9. The molecule has 1 unspecified atom stereocenters. The van der Waals surface area contributed by atoms with Gasteiger partial charge in [-0.25, -0.2) is 10.1 Å². The van der Waals surface area contributed by atoms with Gasteiger partial charge in [0, 0.05) is 31.7 Å². The van der Waals surface area contributed by atoms with Crippen molar-refractivity contribution in [2.24, 2.45) is 5.92 Å². The molecule has 0 spiro atoms. The van der Waals surface area contributed by atoms with Crippen molar-refractivity contribution < 1.29 is 14.7 Å². The third-order valence-corrected chi connectivity index (χ3v) is 7.87. The molecule has 8 nitrogen and oxygen atoms in total. The van der Waals surface area contributed by atoms with Crippen LogP contribution in [0.5, 0.6) is 0 Å². The van der Waals surface area contributed by atoms with E-state index in [4.69, 9.17) is 11.7 Å². The van der Waals surface area contributed by atoms with Crippen LogP contribution < -0.4 is 4.90 Å². The fraction of sp³-hybridized carbons (Fsp3) is 0.559. The summed E-state index contributed by atoms with van der Waals surface area (Å²) in [6.07, 6.45) is 10.8. The summed E-state index contributed by atoms with van der Waals surface area (Å²) in [6.45, 7) is 16.1. The molecule has 42 heavy (non-hydrogen) atoms. The average molecular weight is 572 g/mol. The van der Waals surface area contributed by atoms with E-state index in [1.54, 1.807) is 0 Å². The fourth-order valence-electron chi connectivity index (χ4n) is 5.41. The van der Waals surface area contributed by atoms with Gasteiger partial charge < -0.3 is 14.9 Å². The molecule has 0 fully saturated rings. The third-order valence-electron chi connectivity index (χ3n) is 7.87. The van der Waals surface area contributed by atoms with Gasteiger partial charge in [-0.3, -0.25) is 9.59 Å². The normalized spacial score (nSPS) is 14.8. The quantitative estimate of drug-likeness (QED) is 0.103. The summed E-state index contributed by atoms with van der Waals surface area (Å²) >= 11 is 0. The lowest BCUT2D eigenvalue weighted by molar-refractivity contribution is -0.137. The van der Waals surface area contributed by atoms with Crippen LogP contribution in [0, 0.1) is 35.2 Å². The second-order valence-electron chi connectivity index (χ2n) is 10.9. The number of amides is 1. The monoisotopic (exact) mass is 571 g/mol. The van der Waals surface area contributed by atoms with Crippen LogP contribution in [0.4, 0.5) is 5.69 Å². The highest BCUT2D eigenvalue weighted by Gasteiger charge is 2.37. The molecular formula is C34H45N5O3. The Balaban J connectivity index is 2.39. The SMILES string of the molecule is [C-]#[N+]C(C#N)=C1C(C#N)=C(c2ccc(N(CCCCCC(=O)O)CC(CC)CCCC)cc2)C(=O)N1CCCCCC. The van der Waals surface area contributed by atoms with Crippen molar-refractivity contribution in [1.82, 2.24) is 4.90 Å². The molecule has 1 aromatic rings. The zero-order valence-corrected chi connectivity index (χ0v) is 25.5. The number of carbonyl (C=O) groups excluding carboxylic acids is 1. The number of nitriles is 2. The number of hydrogen-bond donors (Lipinski definition) is 1. The van der Waals surface area contributed by atoms with Crippen molar-refractivity contribution in [2.75, 3.05) is 24.5 Å². The average Bonchev–Trinajstić information content (AvgIpc) is 3.27. The predicted molar refractivity (Wildman–Crippen MR) is 166 cm³/mol. The van der Waals surface area contributed by atoms with E-state index in [9.17, 15) is 20.1 Å². The van der Waals surface area contributed by atoms with E-state index in [2.05, 4.69) is 36.6 Å². The Morgan fingerprint density at radius 1 is 1.02 bits per heavy atom. The number of unbranched alkanes of at least 4 members (excludes halogenated alkanes) is 6. The van der Waals surface area contributed by atoms with Crippen LogP contribution >= 0.6 is 0 Å². The largest absolute Gasteiger partial charge is 0.481 e. The van der Waals surface area contributed by atoms with E-state index in [1.807, 2.05) is 30.3 Å². The second kappa shape index (κ2) is 18.4. The Labute approximate surface area is 251 Å². The van der Waals surface area contributed by atoms with Crippen LogP contribution in [0.2, 0.25) is 0 Å². The van der Waals surface area contributed by atoms with Gasteiger partial charge >= 0.3 is 5.97 Å². The lowest BCUT2D eigenvalue weighted by Gasteiger charge is -2.29. The van der Waals surface area contributed by atoms with Crippen LogP contribution in [-0.4, -0.2) is 41.5 Å². The minimum Gasteiger partial charge on any atom is -0.481 e. The van der Waals surface area contributed by atoms with Crippen LogP contribution in [0.15, 0.2) is 41.2 Å². The van der Waals surface area contributed by atoms with Crippen molar-refractivity contribution in [2.45, 2.75) is 97.8 Å². The molecule has 224 valence electrons. The number of aliphatic carboxylic acids is 1. The molecule has 1 amide bonds. The summed E-state index contributed by atoms with van der Waals surface area (Å²) in [6, 6.07) is 11.7. The van der Waals surface area contributed by atoms with Crippen LogP contribution in [0.25, 0.3) is 10.4 Å². The Morgan fingerprint density at radius 3 is 2.29 bits per heavy atom. The van der Waals surface area contributed by atoms with Gasteiger partial charge in [-0.1, -0.05) is 77.8 Å². The van der Waals surface area contributed by atoms with Gasteiger partial charge in [0.25, 0.3) is 11.6 Å². The maximum absolute atomic E-state index is 13.7. The number of hydrogen-bond acceptors (Lipinski definition) is 5. The number of benzene rings is 1. The molecule has 0 aliphatic carbocycles. The van der Waals surface area contributed by atoms with Crippen molar-refractivity contribution in [3.8, 4) is 12.1 Å². The lowest BCUT2D eigenvalue weighted by atomic mass is 9.97. The van der Waals surface area contributed by atoms with Gasteiger partial charge in [-0.05, 0) is 49.3 Å². The van der Waals surface area contributed by atoms with Crippen molar-refractivity contribution >= 4 is 23.1 Å². The van der Waals surface area contributed by atoms with Gasteiger partial charge in [-0.2, -0.15) is 5.26 Å². The molecular weight excluding hydrogens is 526 g/mol. The van der Waals surface area contributed by atoms with Gasteiger partial charge in [0.15, 0.2) is 0 Å². The summed E-state index contributed by atoms with van der Waals surface area (Å²) in [5.41, 5.74) is 1.81. The van der Waals surface area contributed by atoms with E-state index in [-0.39, 0.29) is 34.9 Å². The lowest BCUT2D eigenvalue weighted by Crippen LogP contribution is -2.30. The number of carboxylic acid groups (broad SMARTS) is 1. The molecule has 2 rings (SSSR count). The highest BCUT2D eigenvalue weighted by Crippen LogP contribution is 2.38. The van der Waals surface area contributed by atoms with E-state index in [1.165, 1.54) is 11.3 Å². The van der Waals surface area contributed by atoms with Gasteiger partial charge in [0.2, 0.25) is 0 Å². The first-order valence-corrected chi connectivity index (χ1v) is 15.4. The Morgan fingerprint density at radius 2 is 1.71 bits per heavy atom. The van der Waals surface area contributed by atoms with E-state index in [0.717, 1.165) is 76.6 Å². The molecule has 0 bridgehead atoms. The maximum Gasteiger partial charge on any atom is 0.303 e. The number of carbonyl (C=O) groups is 2. The molecule has 1 N–H and O–H groups in total. The third kappa shape index (κ3) is 9.49. The topological polar surface area (TPSA) is 113 Å². The van der Waals surface area contributed by atoms with Crippen molar-refractivity contribution in [3.05, 3.63) is 58.2 Å². The summed E-state index contributed by atoms with van der Waals surface area (Å²) in [5, 5.41) is 28.7. The van der Waals surface area contributed by atoms with Gasteiger partial charge in [0.1, 0.15) is 6.07 Å². The Bertz CT molecular complexity index is 1230. The smallest absolute Gasteiger partial charge is 0.303 e. The van der Waals surface area contributed by atoms with Crippen LogP contribution in [0.3, 0.4) is 0 Å². The predicted octanol–water partition coefficient (Wildman–Crippen LogP) is 7.71. The minimum atomic E-state index is -0.767. The molecule has 1 aliphatic rings. The molecule has 0 aromatic heterocycles.